The van der Waals surface area contributed by atoms with E-state index < -0.39 is 0 Å². The van der Waals surface area contributed by atoms with E-state index in [4.69, 9.17) is 10.5 Å². The van der Waals surface area contributed by atoms with E-state index >= 15 is 0 Å². The number of benzene rings is 1. The lowest BCUT2D eigenvalue weighted by molar-refractivity contribution is 0.400. The molecule has 0 atom stereocenters. The number of ether oxygens (including phenoxy) is 1. The van der Waals surface area contributed by atoms with Crippen molar-refractivity contribution in [1.29, 1.82) is 0 Å². The van der Waals surface area contributed by atoms with Crippen LogP contribution in [0.3, 0.4) is 0 Å². The first-order valence-electron chi connectivity index (χ1n) is 5.73. The molecule has 0 unspecified atom stereocenters. The second-order valence-electron chi connectivity index (χ2n) is 4.79. The Kier molecular flexibility index (Phi) is 1.84. The van der Waals surface area contributed by atoms with Crippen molar-refractivity contribution in [2.75, 3.05) is 7.11 Å². The Labute approximate surface area is 90.4 Å². The minimum Gasteiger partial charge on any atom is -0.496 e. The monoisotopic (exact) mass is 203 g/mol. The molecule has 15 heavy (non-hydrogen) atoms. The lowest BCUT2D eigenvalue weighted by Gasteiger charge is -2.17. The van der Waals surface area contributed by atoms with E-state index in [0.29, 0.717) is 0 Å². The molecule has 0 heterocycles. The molecule has 2 heteroatoms. The zero-order valence-corrected chi connectivity index (χ0v) is 9.18. The van der Waals surface area contributed by atoms with Crippen LogP contribution in [0, 0.1) is 0 Å². The van der Waals surface area contributed by atoms with E-state index in [-0.39, 0.29) is 5.54 Å². The minimum absolute atomic E-state index is 0.0804. The molecule has 2 nitrogen and oxygen atoms in total. The first-order valence-corrected chi connectivity index (χ1v) is 5.73. The fraction of sp³-hybridized carbons (Fsp3) is 0.538. The summed E-state index contributed by atoms with van der Waals surface area (Å²) in [4.78, 5) is 0. The molecule has 0 bridgehead atoms. The van der Waals surface area contributed by atoms with Gasteiger partial charge >= 0.3 is 0 Å². The highest BCUT2D eigenvalue weighted by molar-refractivity contribution is 5.52. The Morgan fingerprint density at radius 1 is 1.27 bits per heavy atom. The van der Waals surface area contributed by atoms with E-state index in [2.05, 4.69) is 12.1 Å². The zero-order chi connectivity index (χ0) is 10.5. The fourth-order valence-electron chi connectivity index (χ4n) is 2.66. The Hall–Kier alpha value is -1.02. The van der Waals surface area contributed by atoms with Crippen LogP contribution in [0.2, 0.25) is 0 Å². The van der Waals surface area contributed by atoms with Crippen LogP contribution < -0.4 is 10.5 Å². The first-order chi connectivity index (χ1) is 7.24. The predicted molar refractivity (Wildman–Crippen MR) is 60.1 cm³/mol. The summed E-state index contributed by atoms with van der Waals surface area (Å²) in [5.41, 5.74) is 10.3. The van der Waals surface area contributed by atoms with Gasteiger partial charge < -0.3 is 10.5 Å². The first kappa shape index (κ1) is 9.22. The third-order valence-corrected chi connectivity index (χ3v) is 3.76. The molecule has 0 spiro atoms. The quantitative estimate of drug-likeness (QED) is 0.799. The van der Waals surface area contributed by atoms with Crippen LogP contribution in [0.25, 0.3) is 0 Å². The zero-order valence-electron chi connectivity index (χ0n) is 9.18. The van der Waals surface area contributed by atoms with Gasteiger partial charge in [-0.15, -0.1) is 0 Å². The molecule has 0 amide bonds. The highest BCUT2D eigenvalue weighted by Crippen LogP contribution is 2.48. The number of aryl methyl sites for hydroxylation is 1. The van der Waals surface area contributed by atoms with Gasteiger partial charge in [-0.25, -0.2) is 0 Å². The van der Waals surface area contributed by atoms with Crippen LogP contribution in [0.5, 0.6) is 5.75 Å². The second kappa shape index (κ2) is 2.99. The van der Waals surface area contributed by atoms with Crippen LogP contribution in [0.15, 0.2) is 12.1 Å². The second-order valence-corrected chi connectivity index (χ2v) is 4.79. The molecule has 2 aliphatic rings. The maximum absolute atomic E-state index is 6.26. The van der Waals surface area contributed by atoms with E-state index in [0.717, 1.165) is 25.0 Å². The third kappa shape index (κ3) is 1.28. The molecule has 1 aromatic rings. The van der Waals surface area contributed by atoms with Gasteiger partial charge in [-0.05, 0) is 43.2 Å². The maximum atomic E-state index is 6.26. The van der Waals surface area contributed by atoms with Crippen LogP contribution >= 0.6 is 0 Å². The van der Waals surface area contributed by atoms with Gasteiger partial charge in [-0.3, -0.25) is 0 Å². The molecular formula is C13H17NO. The molecule has 80 valence electrons. The van der Waals surface area contributed by atoms with Gasteiger partial charge in [-0.2, -0.15) is 0 Å². The molecule has 0 aliphatic heterocycles. The van der Waals surface area contributed by atoms with Gasteiger partial charge in [0.25, 0.3) is 0 Å². The van der Waals surface area contributed by atoms with Gasteiger partial charge in [0.2, 0.25) is 0 Å². The topological polar surface area (TPSA) is 35.2 Å². The minimum atomic E-state index is -0.0804. The van der Waals surface area contributed by atoms with Crippen LogP contribution in [0.4, 0.5) is 0 Å². The van der Waals surface area contributed by atoms with Gasteiger partial charge in [0, 0.05) is 11.1 Å². The highest BCUT2D eigenvalue weighted by atomic mass is 16.5. The number of methoxy groups -OCH3 is 1. The molecule has 3 rings (SSSR count). The van der Waals surface area contributed by atoms with Gasteiger partial charge in [-0.1, -0.05) is 12.1 Å². The van der Waals surface area contributed by atoms with E-state index in [1.165, 1.54) is 29.5 Å². The standard InChI is InChI=1S/C13H17NO/c1-15-12-10-4-2-3-9(10)5-6-11(12)13(14)7-8-13/h5-6H,2-4,7-8,14H2,1H3. The van der Waals surface area contributed by atoms with Crippen LogP contribution in [-0.4, -0.2) is 7.11 Å². The summed E-state index contributed by atoms with van der Waals surface area (Å²) in [7, 11) is 1.77. The average Bonchev–Trinajstić information content (AvgIpc) is 2.82. The average molecular weight is 203 g/mol. The molecule has 0 aromatic heterocycles. The fourth-order valence-corrected chi connectivity index (χ4v) is 2.66. The molecule has 2 aliphatic carbocycles. The number of rotatable bonds is 2. The molecule has 0 saturated heterocycles. The van der Waals surface area contributed by atoms with Crippen molar-refractivity contribution in [3.63, 3.8) is 0 Å². The van der Waals surface area contributed by atoms with Crippen molar-refractivity contribution in [2.45, 2.75) is 37.6 Å². The van der Waals surface area contributed by atoms with E-state index in [9.17, 15) is 0 Å². The Bertz CT molecular complexity index is 407. The summed E-state index contributed by atoms with van der Waals surface area (Å²) >= 11 is 0. The largest absolute Gasteiger partial charge is 0.496 e. The summed E-state index contributed by atoms with van der Waals surface area (Å²) in [6.07, 6.45) is 5.81. The van der Waals surface area contributed by atoms with Crippen molar-refractivity contribution in [3.05, 3.63) is 28.8 Å². The number of hydrogen-bond acceptors (Lipinski definition) is 2. The van der Waals surface area contributed by atoms with Crippen LogP contribution in [-0.2, 0) is 18.4 Å². The third-order valence-electron chi connectivity index (χ3n) is 3.76. The van der Waals surface area contributed by atoms with Gasteiger partial charge in [0.15, 0.2) is 0 Å². The van der Waals surface area contributed by atoms with Crippen molar-refractivity contribution in [1.82, 2.24) is 0 Å². The van der Waals surface area contributed by atoms with Crippen molar-refractivity contribution in [3.8, 4) is 5.75 Å². The Morgan fingerprint density at radius 2 is 2.07 bits per heavy atom. The van der Waals surface area contributed by atoms with Gasteiger partial charge in [0.05, 0.1) is 7.11 Å². The molecular weight excluding hydrogens is 186 g/mol. The van der Waals surface area contributed by atoms with Gasteiger partial charge in [0.1, 0.15) is 5.75 Å². The molecule has 1 aromatic carbocycles. The van der Waals surface area contributed by atoms with Crippen LogP contribution in [0.1, 0.15) is 36.0 Å². The Morgan fingerprint density at radius 3 is 2.73 bits per heavy atom. The normalized spacial score (nSPS) is 21.2. The number of fused-ring (bicyclic) bond motifs is 1. The van der Waals surface area contributed by atoms with E-state index in [1.807, 2.05) is 0 Å². The summed E-state index contributed by atoms with van der Waals surface area (Å²) in [5, 5.41) is 0. The SMILES string of the molecule is COc1c(C2(N)CC2)ccc2c1CCC2. The summed E-state index contributed by atoms with van der Waals surface area (Å²) in [6, 6.07) is 4.42. The summed E-state index contributed by atoms with van der Waals surface area (Å²) < 4.78 is 5.57. The summed E-state index contributed by atoms with van der Waals surface area (Å²) in [5.74, 6) is 1.07. The number of nitrogens with two attached hydrogens (primary N) is 1. The Balaban J connectivity index is 2.15. The van der Waals surface area contributed by atoms with E-state index in [1.54, 1.807) is 7.11 Å². The summed E-state index contributed by atoms with van der Waals surface area (Å²) in [6.45, 7) is 0. The lowest BCUT2D eigenvalue weighted by atomic mass is 9.98. The van der Waals surface area contributed by atoms with Crippen molar-refractivity contribution in [2.24, 2.45) is 5.73 Å². The smallest absolute Gasteiger partial charge is 0.127 e. The molecule has 2 N–H and O–H groups in total. The predicted octanol–water partition coefficient (Wildman–Crippen LogP) is 2.13. The highest BCUT2D eigenvalue weighted by Gasteiger charge is 2.43. The van der Waals surface area contributed by atoms with Crippen molar-refractivity contribution >= 4 is 0 Å². The molecule has 1 saturated carbocycles. The maximum Gasteiger partial charge on any atom is 0.127 e. The lowest BCUT2D eigenvalue weighted by Crippen LogP contribution is -2.20. The number of hydrogen-bond donors (Lipinski definition) is 1. The van der Waals surface area contributed by atoms with Crippen molar-refractivity contribution < 1.29 is 4.74 Å². The molecule has 0 radical (unpaired) electrons. The molecule has 1 fully saturated rings.